The molecule has 3 aromatic rings. The number of para-hydroxylation sites is 1. The predicted octanol–water partition coefficient (Wildman–Crippen LogP) is 4.58. The third-order valence-corrected chi connectivity index (χ3v) is 5.18. The Hall–Kier alpha value is -2.52. The zero-order chi connectivity index (χ0) is 20.0. The van der Waals surface area contributed by atoms with E-state index in [1.54, 1.807) is 19.1 Å². The van der Waals surface area contributed by atoms with Crippen LogP contribution in [0.1, 0.15) is 29.9 Å². The van der Waals surface area contributed by atoms with Crippen molar-refractivity contribution in [3.8, 4) is 0 Å². The molecule has 0 radical (unpaired) electrons. The molecule has 0 aliphatic heterocycles. The van der Waals surface area contributed by atoms with Crippen molar-refractivity contribution in [2.24, 2.45) is 5.14 Å². The van der Waals surface area contributed by atoms with Crippen molar-refractivity contribution in [3.63, 3.8) is 0 Å². The summed E-state index contributed by atoms with van der Waals surface area (Å²) in [5.41, 5.74) is 0.0801. The van der Waals surface area contributed by atoms with Crippen molar-refractivity contribution in [2.45, 2.75) is 31.0 Å². The van der Waals surface area contributed by atoms with Crippen molar-refractivity contribution in [1.29, 1.82) is 0 Å². The van der Waals surface area contributed by atoms with Crippen molar-refractivity contribution in [2.75, 3.05) is 5.32 Å². The summed E-state index contributed by atoms with van der Waals surface area (Å²) in [6.45, 7) is 3.49. The Bertz CT molecular complexity index is 1100. The number of hydrogen-bond acceptors (Lipinski definition) is 4. The number of primary sulfonamides is 1. The molecule has 27 heavy (non-hydrogen) atoms. The first-order valence-corrected chi connectivity index (χ1v) is 9.51. The molecule has 144 valence electrons. The zero-order valence-corrected chi connectivity index (χ0v) is 15.3. The maximum Gasteiger partial charge on any atom is 0.418 e. The smallest absolute Gasteiger partial charge is 0.418 e. The number of rotatable bonds is 4. The monoisotopic (exact) mass is 398 g/mol. The number of anilines is 1. The minimum absolute atomic E-state index is 0.262. The molecule has 0 aliphatic carbocycles. The average molecular weight is 398 g/mol. The molecule has 0 saturated heterocycles. The second kappa shape index (κ2) is 6.58. The molecule has 0 saturated carbocycles. The van der Waals surface area contributed by atoms with Gasteiger partial charge in [0.1, 0.15) is 11.3 Å². The fraction of sp³-hybridized carbons (Fsp3) is 0.222. The van der Waals surface area contributed by atoms with Gasteiger partial charge in [-0.15, -0.1) is 0 Å². The van der Waals surface area contributed by atoms with E-state index in [0.29, 0.717) is 17.4 Å². The van der Waals surface area contributed by atoms with Crippen LogP contribution in [-0.2, 0) is 16.2 Å². The average Bonchev–Trinajstić information content (AvgIpc) is 2.90. The number of sulfonamides is 1. The Kier molecular flexibility index (Phi) is 4.69. The number of hydrogen-bond donors (Lipinski definition) is 2. The second-order valence-electron chi connectivity index (χ2n) is 6.20. The largest absolute Gasteiger partial charge is 0.459 e. The van der Waals surface area contributed by atoms with Gasteiger partial charge in [-0.3, -0.25) is 0 Å². The van der Waals surface area contributed by atoms with Gasteiger partial charge in [0.25, 0.3) is 0 Å². The highest BCUT2D eigenvalue weighted by atomic mass is 32.2. The maximum atomic E-state index is 13.4. The van der Waals surface area contributed by atoms with Crippen LogP contribution in [-0.4, -0.2) is 8.42 Å². The van der Waals surface area contributed by atoms with Crippen LogP contribution in [0.4, 0.5) is 18.9 Å². The van der Waals surface area contributed by atoms with Crippen molar-refractivity contribution in [1.82, 2.24) is 0 Å². The Labute approximate surface area is 154 Å². The molecule has 0 spiro atoms. The van der Waals surface area contributed by atoms with Gasteiger partial charge in [0.15, 0.2) is 0 Å². The molecule has 5 nitrogen and oxygen atoms in total. The third kappa shape index (κ3) is 3.79. The number of benzene rings is 2. The van der Waals surface area contributed by atoms with Crippen LogP contribution < -0.4 is 10.5 Å². The molecule has 0 bridgehead atoms. The fourth-order valence-electron chi connectivity index (χ4n) is 2.97. The Balaban J connectivity index is 2.02. The van der Waals surface area contributed by atoms with Crippen LogP contribution in [0.15, 0.2) is 51.8 Å². The molecule has 2 aromatic carbocycles. The minimum Gasteiger partial charge on any atom is -0.459 e. The molecule has 1 heterocycles. The normalized spacial score (nSPS) is 13.7. The molecule has 0 aliphatic rings. The quantitative estimate of drug-likeness (QED) is 0.674. The summed E-state index contributed by atoms with van der Waals surface area (Å²) in [6, 6.07) is 9.32. The zero-order valence-electron chi connectivity index (χ0n) is 14.5. The van der Waals surface area contributed by atoms with Gasteiger partial charge in [0.05, 0.1) is 16.5 Å². The molecule has 3 rings (SSSR count). The molecule has 9 heteroatoms. The molecular formula is C18H17F3N2O3S. The van der Waals surface area contributed by atoms with Gasteiger partial charge in [-0.25, -0.2) is 13.6 Å². The summed E-state index contributed by atoms with van der Waals surface area (Å²) in [4.78, 5) is -0.604. The lowest BCUT2D eigenvalue weighted by molar-refractivity contribution is -0.137. The fourth-order valence-corrected chi connectivity index (χ4v) is 3.51. The number of nitrogens with two attached hydrogens (primary N) is 1. The molecule has 0 amide bonds. The van der Waals surface area contributed by atoms with Gasteiger partial charge < -0.3 is 9.73 Å². The summed E-state index contributed by atoms with van der Waals surface area (Å²) in [5.74, 6) is 0.500. The number of nitrogens with one attached hydrogen (secondary N) is 1. The number of aryl methyl sites for hydroxylation is 1. The number of halogens is 3. The maximum absolute atomic E-state index is 13.4. The van der Waals surface area contributed by atoms with Crippen LogP contribution in [0.2, 0.25) is 0 Å². The van der Waals surface area contributed by atoms with E-state index in [4.69, 9.17) is 9.56 Å². The molecule has 1 unspecified atom stereocenters. The van der Waals surface area contributed by atoms with Gasteiger partial charge >= 0.3 is 6.18 Å². The van der Waals surface area contributed by atoms with E-state index in [1.807, 2.05) is 19.1 Å². The number of fused-ring (bicyclic) bond motifs is 1. The van der Waals surface area contributed by atoms with Gasteiger partial charge in [0, 0.05) is 16.6 Å². The highest BCUT2D eigenvalue weighted by Gasteiger charge is 2.35. The van der Waals surface area contributed by atoms with Crippen LogP contribution >= 0.6 is 0 Å². The summed E-state index contributed by atoms with van der Waals surface area (Å²) in [5, 5.41) is 8.58. The van der Waals surface area contributed by atoms with Crippen LogP contribution in [0.5, 0.6) is 0 Å². The minimum atomic E-state index is -4.76. The number of alkyl halides is 3. The highest BCUT2D eigenvalue weighted by molar-refractivity contribution is 7.89. The van der Waals surface area contributed by atoms with E-state index in [1.165, 1.54) is 0 Å². The summed E-state index contributed by atoms with van der Waals surface area (Å²) in [6.07, 6.45) is -4.76. The van der Waals surface area contributed by atoms with Crippen LogP contribution in [0.3, 0.4) is 0 Å². The molecule has 0 fully saturated rings. The lowest BCUT2D eigenvalue weighted by atomic mass is 10.1. The lowest BCUT2D eigenvalue weighted by Crippen LogP contribution is -2.17. The Morgan fingerprint density at radius 1 is 1.15 bits per heavy atom. The second-order valence-corrected chi connectivity index (χ2v) is 7.77. The first kappa shape index (κ1) is 19.2. The van der Waals surface area contributed by atoms with Gasteiger partial charge in [-0.05, 0) is 38.1 Å². The first-order valence-electron chi connectivity index (χ1n) is 7.97. The summed E-state index contributed by atoms with van der Waals surface area (Å²) >= 11 is 0. The number of furan rings is 1. The van der Waals surface area contributed by atoms with Gasteiger partial charge in [-0.2, -0.15) is 13.2 Å². The van der Waals surface area contributed by atoms with E-state index in [-0.39, 0.29) is 5.69 Å². The third-order valence-electron chi connectivity index (χ3n) is 4.27. The Morgan fingerprint density at radius 3 is 2.41 bits per heavy atom. The van der Waals surface area contributed by atoms with Crippen molar-refractivity contribution in [3.05, 3.63) is 59.4 Å². The summed E-state index contributed by atoms with van der Waals surface area (Å²) in [7, 11) is -4.25. The summed E-state index contributed by atoms with van der Waals surface area (Å²) < 4.78 is 68.8. The highest BCUT2D eigenvalue weighted by Crippen LogP contribution is 2.38. The topological polar surface area (TPSA) is 85.3 Å². The van der Waals surface area contributed by atoms with Gasteiger partial charge in [0.2, 0.25) is 10.0 Å². The van der Waals surface area contributed by atoms with E-state index in [2.05, 4.69) is 5.32 Å². The molecule has 1 aromatic heterocycles. The SMILES string of the molecule is Cc1c(C(C)Nc2ccc(S(N)(=O)=O)cc2C(F)(F)F)oc2ccccc12. The van der Waals surface area contributed by atoms with Crippen molar-refractivity contribution < 1.29 is 26.0 Å². The predicted molar refractivity (Wildman–Crippen MR) is 95.8 cm³/mol. The van der Waals surface area contributed by atoms with Crippen LogP contribution in [0.25, 0.3) is 11.0 Å². The van der Waals surface area contributed by atoms with Crippen LogP contribution in [0, 0.1) is 6.92 Å². The Morgan fingerprint density at radius 2 is 1.81 bits per heavy atom. The molecular weight excluding hydrogens is 381 g/mol. The lowest BCUT2D eigenvalue weighted by Gasteiger charge is -2.19. The van der Waals surface area contributed by atoms with E-state index < -0.39 is 32.7 Å². The van der Waals surface area contributed by atoms with Crippen molar-refractivity contribution >= 4 is 26.7 Å². The standard InChI is InChI=1S/C18H17F3N2O3S/c1-10-13-5-3-4-6-16(13)26-17(10)11(2)23-15-8-7-12(27(22,24)25)9-14(15)18(19,20)21/h3-9,11,23H,1-2H3,(H2,22,24,25). The molecule has 1 atom stereocenters. The molecule has 3 N–H and O–H groups in total. The van der Waals surface area contributed by atoms with E-state index in [0.717, 1.165) is 23.1 Å². The van der Waals surface area contributed by atoms with Gasteiger partial charge in [-0.1, -0.05) is 18.2 Å². The van der Waals surface area contributed by atoms with E-state index in [9.17, 15) is 21.6 Å². The first-order chi connectivity index (χ1) is 12.5. The van der Waals surface area contributed by atoms with E-state index >= 15 is 0 Å².